The highest BCUT2D eigenvalue weighted by atomic mass is 16.4. The highest BCUT2D eigenvalue weighted by Gasteiger charge is 2.39. The standard InChI is InChI=1S/C13H16N2O3/c1-8-4-5-10-9(6-8)12(14(2)3)13(18)15(10)7-11(16)17/h4-6,12H,7H2,1-3H3,(H,16,17). The van der Waals surface area contributed by atoms with Gasteiger partial charge in [-0.25, -0.2) is 0 Å². The van der Waals surface area contributed by atoms with E-state index in [4.69, 9.17) is 5.11 Å². The summed E-state index contributed by atoms with van der Waals surface area (Å²) in [5, 5.41) is 8.89. The van der Waals surface area contributed by atoms with Gasteiger partial charge in [-0.1, -0.05) is 17.7 Å². The Labute approximate surface area is 106 Å². The van der Waals surface area contributed by atoms with Gasteiger partial charge in [0.15, 0.2) is 0 Å². The van der Waals surface area contributed by atoms with Gasteiger partial charge in [0.05, 0.1) is 0 Å². The van der Waals surface area contributed by atoms with Gasteiger partial charge >= 0.3 is 5.97 Å². The minimum absolute atomic E-state index is 0.178. The predicted octanol–water partition coefficient (Wildman–Crippen LogP) is 1.03. The molecule has 5 nitrogen and oxygen atoms in total. The molecule has 2 rings (SSSR count). The van der Waals surface area contributed by atoms with E-state index in [-0.39, 0.29) is 18.5 Å². The minimum atomic E-state index is -1.01. The van der Waals surface area contributed by atoms with Gasteiger partial charge in [0.25, 0.3) is 0 Å². The Bertz CT molecular complexity index is 511. The number of aliphatic carboxylic acids is 1. The van der Waals surface area contributed by atoms with Gasteiger partial charge in [-0.3, -0.25) is 19.4 Å². The lowest BCUT2D eigenvalue weighted by Crippen LogP contribution is -2.37. The molecule has 96 valence electrons. The van der Waals surface area contributed by atoms with Crippen molar-refractivity contribution in [2.24, 2.45) is 0 Å². The number of hydrogen-bond donors (Lipinski definition) is 1. The van der Waals surface area contributed by atoms with Crippen LogP contribution in [-0.2, 0) is 9.59 Å². The Morgan fingerprint density at radius 1 is 1.44 bits per heavy atom. The molecule has 0 aliphatic carbocycles. The molecule has 1 aliphatic heterocycles. The summed E-state index contributed by atoms with van der Waals surface area (Å²) in [5.74, 6) is -1.18. The summed E-state index contributed by atoms with van der Waals surface area (Å²) < 4.78 is 0. The van der Waals surface area contributed by atoms with E-state index < -0.39 is 5.97 Å². The van der Waals surface area contributed by atoms with Crippen LogP contribution in [0.1, 0.15) is 17.2 Å². The topological polar surface area (TPSA) is 60.9 Å². The van der Waals surface area contributed by atoms with Crippen LogP contribution in [0.2, 0.25) is 0 Å². The summed E-state index contributed by atoms with van der Waals surface area (Å²) in [6, 6.07) is 5.26. The highest BCUT2D eigenvalue weighted by molar-refractivity contribution is 6.07. The molecular weight excluding hydrogens is 232 g/mol. The molecule has 1 aromatic carbocycles. The maximum Gasteiger partial charge on any atom is 0.323 e. The number of likely N-dealkylation sites (N-methyl/N-ethyl adjacent to an activating group) is 1. The molecule has 0 saturated carbocycles. The Morgan fingerprint density at radius 2 is 2.11 bits per heavy atom. The molecule has 1 unspecified atom stereocenters. The molecule has 0 fully saturated rings. The van der Waals surface area contributed by atoms with E-state index in [1.54, 1.807) is 0 Å². The van der Waals surface area contributed by atoms with Crippen molar-refractivity contribution < 1.29 is 14.7 Å². The van der Waals surface area contributed by atoms with E-state index in [9.17, 15) is 9.59 Å². The number of hydrogen-bond acceptors (Lipinski definition) is 3. The van der Waals surface area contributed by atoms with Crippen LogP contribution >= 0.6 is 0 Å². The molecule has 0 aromatic heterocycles. The van der Waals surface area contributed by atoms with Crippen molar-refractivity contribution in [3.05, 3.63) is 29.3 Å². The van der Waals surface area contributed by atoms with Crippen LogP contribution in [0.15, 0.2) is 18.2 Å². The van der Waals surface area contributed by atoms with Crippen LogP contribution in [0.5, 0.6) is 0 Å². The molecule has 1 aliphatic rings. The van der Waals surface area contributed by atoms with Crippen molar-refractivity contribution in [3.8, 4) is 0 Å². The van der Waals surface area contributed by atoms with Gasteiger partial charge in [0, 0.05) is 11.3 Å². The zero-order valence-electron chi connectivity index (χ0n) is 10.7. The normalized spacial score (nSPS) is 18.3. The first-order valence-corrected chi connectivity index (χ1v) is 5.72. The second-order valence-electron chi connectivity index (χ2n) is 4.75. The fourth-order valence-electron chi connectivity index (χ4n) is 2.34. The van der Waals surface area contributed by atoms with Crippen molar-refractivity contribution in [2.45, 2.75) is 13.0 Å². The number of nitrogens with zero attached hydrogens (tertiary/aromatic N) is 2. The molecular formula is C13H16N2O3. The van der Waals surface area contributed by atoms with Crippen molar-refractivity contribution >= 4 is 17.6 Å². The maximum absolute atomic E-state index is 12.3. The Morgan fingerprint density at radius 3 is 2.67 bits per heavy atom. The van der Waals surface area contributed by atoms with Crippen molar-refractivity contribution in [1.29, 1.82) is 0 Å². The molecule has 1 amide bonds. The van der Waals surface area contributed by atoms with Gasteiger partial charge in [-0.2, -0.15) is 0 Å². The molecule has 0 spiro atoms. The Hall–Kier alpha value is -1.88. The molecule has 0 radical (unpaired) electrons. The van der Waals surface area contributed by atoms with Gasteiger partial charge in [-0.05, 0) is 27.1 Å². The second kappa shape index (κ2) is 4.42. The third-order valence-electron chi connectivity index (χ3n) is 3.08. The van der Waals surface area contributed by atoms with Crippen LogP contribution in [-0.4, -0.2) is 42.5 Å². The number of carbonyl (C=O) groups excluding carboxylic acids is 1. The molecule has 1 aromatic rings. The molecule has 1 heterocycles. The zero-order valence-corrected chi connectivity index (χ0v) is 10.7. The maximum atomic E-state index is 12.3. The van der Waals surface area contributed by atoms with E-state index >= 15 is 0 Å². The van der Waals surface area contributed by atoms with Gasteiger partial charge in [-0.15, -0.1) is 0 Å². The molecule has 1 atom stereocenters. The van der Waals surface area contributed by atoms with Gasteiger partial charge < -0.3 is 5.11 Å². The number of benzene rings is 1. The molecule has 0 bridgehead atoms. The van der Waals surface area contributed by atoms with Crippen LogP contribution in [0.25, 0.3) is 0 Å². The predicted molar refractivity (Wildman–Crippen MR) is 67.6 cm³/mol. The first-order chi connectivity index (χ1) is 8.41. The van der Waals surface area contributed by atoms with Gasteiger partial charge in [0.1, 0.15) is 12.6 Å². The highest BCUT2D eigenvalue weighted by Crippen LogP contribution is 2.38. The lowest BCUT2D eigenvalue weighted by atomic mass is 10.0. The van der Waals surface area contributed by atoms with Crippen LogP contribution in [0, 0.1) is 6.92 Å². The summed E-state index contributed by atoms with van der Waals surface area (Å²) in [5.41, 5.74) is 2.64. The van der Waals surface area contributed by atoms with E-state index in [2.05, 4.69) is 0 Å². The third-order valence-corrected chi connectivity index (χ3v) is 3.08. The minimum Gasteiger partial charge on any atom is -0.480 e. The number of carbonyl (C=O) groups is 2. The SMILES string of the molecule is Cc1ccc2c(c1)C(N(C)C)C(=O)N2CC(=O)O. The van der Waals surface area contributed by atoms with E-state index in [0.717, 1.165) is 11.1 Å². The molecule has 5 heteroatoms. The number of anilines is 1. The van der Waals surface area contributed by atoms with E-state index in [1.807, 2.05) is 44.1 Å². The zero-order chi connectivity index (χ0) is 13.4. The quantitative estimate of drug-likeness (QED) is 0.868. The number of rotatable bonds is 3. The number of carboxylic acid groups (broad SMARTS) is 1. The van der Waals surface area contributed by atoms with Crippen molar-refractivity contribution in [3.63, 3.8) is 0 Å². The molecule has 0 saturated heterocycles. The summed E-state index contributed by atoms with van der Waals surface area (Å²) in [6.45, 7) is 1.66. The van der Waals surface area contributed by atoms with E-state index in [0.29, 0.717) is 5.69 Å². The Balaban J connectivity index is 2.50. The smallest absolute Gasteiger partial charge is 0.323 e. The molecule has 18 heavy (non-hydrogen) atoms. The van der Waals surface area contributed by atoms with E-state index in [1.165, 1.54) is 4.90 Å². The van der Waals surface area contributed by atoms with Crippen LogP contribution < -0.4 is 4.90 Å². The van der Waals surface area contributed by atoms with Crippen LogP contribution in [0.3, 0.4) is 0 Å². The number of fused-ring (bicyclic) bond motifs is 1. The second-order valence-corrected chi connectivity index (χ2v) is 4.75. The van der Waals surface area contributed by atoms with Gasteiger partial charge in [0.2, 0.25) is 5.91 Å². The van der Waals surface area contributed by atoms with Crippen LogP contribution in [0.4, 0.5) is 5.69 Å². The fraction of sp³-hybridized carbons (Fsp3) is 0.385. The van der Waals surface area contributed by atoms with Crippen molar-refractivity contribution in [1.82, 2.24) is 4.90 Å². The lowest BCUT2D eigenvalue weighted by molar-refractivity contribution is -0.137. The first-order valence-electron chi connectivity index (χ1n) is 5.72. The number of amides is 1. The average molecular weight is 248 g/mol. The summed E-state index contributed by atoms with van der Waals surface area (Å²) in [4.78, 5) is 26.3. The summed E-state index contributed by atoms with van der Waals surface area (Å²) in [7, 11) is 3.64. The largest absolute Gasteiger partial charge is 0.480 e. The number of carboxylic acids is 1. The first kappa shape index (κ1) is 12.6. The average Bonchev–Trinajstić information content (AvgIpc) is 2.50. The fourth-order valence-corrected chi connectivity index (χ4v) is 2.34. The lowest BCUT2D eigenvalue weighted by Gasteiger charge is -2.19. The third kappa shape index (κ3) is 1.97. The molecule has 1 N–H and O–H groups in total. The Kier molecular flexibility index (Phi) is 3.09. The summed E-state index contributed by atoms with van der Waals surface area (Å²) in [6.07, 6.45) is 0. The monoisotopic (exact) mass is 248 g/mol. The number of aryl methyl sites for hydroxylation is 1. The summed E-state index contributed by atoms with van der Waals surface area (Å²) >= 11 is 0. The van der Waals surface area contributed by atoms with Crippen molar-refractivity contribution in [2.75, 3.05) is 25.5 Å².